The van der Waals surface area contributed by atoms with Crippen molar-refractivity contribution < 1.29 is 22.7 Å². The van der Waals surface area contributed by atoms with Crippen LogP contribution >= 0.6 is 23.2 Å². The van der Waals surface area contributed by atoms with Crippen molar-refractivity contribution in [3.05, 3.63) is 94.0 Å². The lowest BCUT2D eigenvalue weighted by molar-refractivity contribution is -0.119. The van der Waals surface area contributed by atoms with Gasteiger partial charge in [0.25, 0.3) is 5.91 Å². The molecule has 0 fully saturated rings. The number of ether oxygens (including phenoxy) is 1. The van der Waals surface area contributed by atoms with E-state index >= 15 is 0 Å². The number of nitrogens with one attached hydrogen (secondary N) is 1. The quantitative estimate of drug-likeness (QED) is 0.208. The molecule has 0 saturated heterocycles. The summed E-state index contributed by atoms with van der Waals surface area (Å²) in [6, 6.07) is 19.5. The number of anilines is 1. The molecule has 0 aliphatic rings. The molecular formula is C23H19Cl2N3O5S. The van der Waals surface area contributed by atoms with Crippen LogP contribution in [-0.4, -0.2) is 39.3 Å². The first-order valence-electron chi connectivity index (χ1n) is 9.76. The summed E-state index contributed by atoms with van der Waals surface area (Å²) in [6.07, 6.45) is 2.31. The Labute approximate surface area is 206 Å². The SMILES string of the molecule is CS(=O)(=O)N(CC(=O)N/N=C\c1ccc(OC(=O)c2ccccc2)cc1)c1cccc(Cl)c1Cl. The molecule has 1 amide bonds. The van der Waals surface area contributed by atoms with Crippen LogP contribution in [0.2, 0.25) is 10.0 Å². The van der Waals surface area contributed by atoms with Crippen LogP contribution < -0.4 is 14.5 Å². The highest BCUT2D eigenvalue weighted by Crippen LogP contribution is 2.33. The number of sulfonamides is 1. The summed E-state index contributed by atoms with van der Waals surface area (Å²) >= 11 is 12.1. The molecule has 0 saturated carbocycles. The van der Waals surface area contributed by atoms with Gasteiger partial charge in [0.05, 0.1) is 33.8 Å². The van der Waals surface area contributed by atoms with Crippen LogP contribution in [-0.2, 0) is 14.8 Å². The van der Waals surface area contributed by atoms with Crippen LogP contribution in [0.1, 0.15) is 15.9 Å². The van der Waals surface area contributed by atoms with E-state index in [4.69, 9.17) is 27.9 Å². The molecule has 176 valence electrons. The van der Waals surface area contributed by atoms with Crippen LogP contribution in [0.25, 0.3) is 0 Å². The van der Waals surface area contributed by atoms with Gasteiger partial charge in [0.15, 0.2) is 0 Å². The van der Waals surface area contributed by atoms with Gasteiger partial charge in [0.2, 0.25) is 10.0 Å². The number of hydrogen-bond donors (Lipinski definition) is 1. The highest BCUT2D eigenvalue weighted by atomic mass is 35.5. The first-order valence-corrected chi connectivity index (χ1v) is 12.4. The molecule has 1 N–H and O–H groups in total. The predicted molar refractivity (Wildman–Crippen MR) is 132 cm³/mol. The van der Waals surface area contributed by atoms with Crippen molar-refractivity contribution >= 4 is 57.0 Å². The minimum atomic E-state index is -3.83. The van der Waals surface area contributed by atoms with E-state index in [0.717, 1.165) is 10.6 Å². The maximum Gasteiger partial charge on any atom is 0.343 e. The molecule has 0 unspecified atom stereocenters. The summed E-state index contributed by atoms with van der Waals surface area (Å²) in [7, 11) is -3.83. The largest absolute Gasteiger partial charge is 0.423 e. The zero-order chi connectivity index (χ0) is 24.7. The van der Waals surface area contributed by atoms with Crippen LogP contribution in [0.5, 0.6) is 5.75 Å². The van der Waals surface area contributed by atoms with Crippen molar-refractivity contribution in [1.82, 2.24) is 5.43 Å². The van der Waals surface area contributed by atoms with Gasteiger partial charge in [-0.15, -0.1) is 0 Å². The molecule has 3 aromatic carbocycles. The van der Waals surface area contributed by atoms with Gasteiger partial charge >= 0.3 is 5.97 Å². The minimum Gasteiger partial charge on any atom is -0.423 e. The van der Waals surface area contributed by atoms with E-state index in [0.29, 0.717) is 16.9 Å². The van der Waals surface area contributed by atoms with Gasteiger partial charge in [0, 0.05) is 0 Å². The van der Waals surface area contributed by atoms with Crippen LogP contribution in [0.15, 0.2) is 77.9 Å². The summed E-state index contributed by atoms with van der Waals surface area (Å²) < 4.78 is 30.5. The summed E-state index contributed by atoms with van der Waals surface area (Å²) in [4.78, 5) is 24.4. The second-order valence-corrected chi connectivity index (χ2v) is 9.65. The number of rotatable bonds is 8. The maximum absolute atomic E-state index is 12.3. The molecule has 0 spiro atoms. The Hall–Kier alpha value is -3.40. The Balaban J connectivity index is 1.60. The van der Waals surface area contributed by atoms with E-state index < -0.39 is 28.4 Å². The second kappa shape index (κ2) is 11.1. The topological polar surface area (TPSA) is 105 Å². The Morgan fingerprint density at radius 3 is 2.32 bits per heavy atom. The number of carbonyl (C=O) groups excluding carboxylic acids is 2. The predicted octanol–water partition coefficient (Wildman–Crippen LogP) is 4.13. The van der Waals surface area contributed by atoms with Crippen LogP contribution in [0, 0.1) is 0 Å². The average Bonchev–Trinajstić information content (AvgIpc) is 2.80. The fourth-order valence-electron chi connectivity index (χ4n) is 2.77. The standard InChI is InChI=1S/C23H19Cl2N3O5S/c1-34(31,32)28(20-9-5-8-19(24)22(20)25)15-21(29)27-26-14-16-10-12-18(13-11-16)33-23(30)17-6-3-2-4-7-17/h2-14H,15H2,1H3,(H,27,29)/b26-14-. The number of hydrogen-bond acceptors (Lipinski definition) is 6. The number of esters is 1. The molecular weight excluding hydrogens is 501 g/mol. The van der Waals surface area contributed by atoms with E-state index in [9.17, 15) is 18.0 Å². The molecule has 0 aliphatic heterocycles. The van der Waals surface area contributed by atoms with Crippen LogP contribution in [0.4, 0.5) is 5.69 Å². The van der Waals surface area contributed by atoms with Crippen molar-refractivity contribution in [3.63, 3.8) is 0 Å². The number of amides is 1. The lowest BCUT2D eigenvalue weighted by atomic mass is 10.2. The minimum absolute atomic E-state index is 0.0129. The lowest BCUT2D eigenvalue weighted by Crippen LogP contribution is -2.39. The molecule has 34 heavy (non-hydrogen) atoms. The van der Waals surface area contributed by atoms with E-state index in [1.54, 1.807) is 54.6 Å². The fourth-order valence-corrected chi connectivity index (χ4v) is 4.08. The molecule has 0 radical (unpaired) electrons. The first kappa shape index (κ1) is 25.2. The molecule has 0 aliphatic carbocycles. The van der Waals surface area contributed by atoms with Crippen molar-refractivity contribution in [2.75, 3.05) is 17.1 Å². The summed E-state index contributed by atoms with van der Waals surface area (Å²) in [5.74, 6) is -0.826. The van der Waals surface area contributed by atoms with Gasteiger partial charge in [0.1, 0.15) is 12.3 Å². The van der Waals surface area contributed by atoms with Crippen molar-refractivity contribution in [2.45, 2.75) is 0 Å². The molecule has 0 heterocycles. The van der Waals surface area contributed by atoms with Crippen molar-refractivity contribution in [2.24, 2.45) is 5.10 Å². The molecule has 8 nitrogen and oxygen atoms in total. The Bertz CT molecular complexity index is 1310. The summed E-state index contributed by atoms with van der Waals surface area (Å²) in [5, 5.41) is 4.01. The number of benzene rings is 3. The molecule has 0 atom stereocenters. The molecule has 0 bridgehead atoms. The molecule has 11 heteroatoms. The van der Waals surface area contributed by atoms with Crippen molar-refractivity contribution in [3.8, 4) is 5.75 Å². The van der Waals surface area contributed by atoms with Gasteiger partial charge in [-0.3, -0.25) is 9.10 Å². The van der Waals surface area contributed by atoms with Crippen LogP contribution in [0.3, 0.4) is 0 Å². The third kappa shape index (κ3) is 6.80. The number of carbonyl (C=O) groups is 2. The number of nitrogens with zero attached hydrogens (tertiary/aromatic N) is 2. The van der Waals surface area contributed by atoms with Gasteiger partial charge in [-0.2, -0.15) is 5.10 Å². The first-order chi connectivity index (χ1) is 16.1. The van der Waals surface area contributed by atoms with E-state index in [-0.39, 0.29) is 15.7 Å². The Morgan fingerprint density at radius 2 is 1.68 bits per heavy atom. The lowest BCUT2D eigenvalue weighted by Gasteiger charge is -2.22. The highest BCUT2D eigenvalue weighted by molar-refractivity contribution is 7.92. The van der Waals surface area contributed by atoms with E-state index in [1.165, 1.54) is 24.4 Å². The third-order valence-electron chi connectivity index (χ3n) is 4.39. The molecule has 3 rings (SSSR count). The average molecular weight is 520 g/mol. The van der Waals surface area contributed by atoms with E-state index in [1.807, 2.05) is 0 Å². The third-order valence-corrected chi connectivity index (χ3v) is 6.33. The summed E-state index contributed by atoms with van der Waals surface area (Å²) in [6.45, 7) is -0.551. The van der Waals surface area contributed by atoms with Gasteiger partial charge < -0.3 is 4.74 Å². The smallest absolute Gasteiger partial charge is 0.343 e. The fraction of sp³-hybridized carbons (Fsp3) is 0.0870. The zero-order valence-electron chi connectivity index (χ0n) is 17.8. The monoisotopic (exact) mass is 519 g/mol. The molecule has 3 aromatic rings. The number of halogens is 2. The summed E-state index contributed by atoms with van der Waals surface area (Å²) in [5.41, 5.74) is 3.39. The Morgan fingerprint density at radius 1 is 1.00 bits per heavy atom. The van der Waals surface area contributed by atoms with Gasteiger partial charge in [-0.05, 0) is 54.1 Å². The molecule has 0 aromatic heterocycles. The van der Waals surface area contributed by atoms with E-state index in [2.05, 4.69) is 10.5 Å². The zero-order valence-corrected chi connectivity index (χ0v) is 20.1. The van der Waals surface area contributed by atoms with Gasteiger partial charge in [-0.1, -0.05) is 47.5 Å². The van der Waals surface area contributed by atoms with Gasteiger partial charge in [-0.25, -0.2) is 18.6 Å². The second-order valence-electron chi connectivity index (χ2n) is 6.96. The number of hydrazone groups is 1. The maximum atomic E-state index is 12.3. The van der Waals surface area contributed by atoms with Crippen molar-refractivity contribution in [1.29, 1.82) is 0 Å². The normalized spacial score (nSPS) is 11.3. The Kier molecular flexibility index (Phi) is 8.27. The highest BCUT2D eigenvalue weighted by Gasteiger charge is 2.23.